The van der Waals surface area contributed by atoms with Gasteiger partial charge < -0.3 is 10.2 Å². The van der Waals surface area contributed by atoms with Crippen molar-refractivity contribution < 1.29 is 19.2 Å². The summed E-state index contributed by atoms with van der Waals surface area (Å²) in [4.78, 5) is 55.6. The number of piperidine rings is 1. The maximum Gasteiger partial charge on any atom is 0.255 e. The number of nitrogens with one attached hydrogen (secondary N) is 2. The van der Waals surface area contributed by atoms with Crippen molar-refractivity contribution in [1.82, 2.24) is 30.2 Å². The van der Waals surface area contributed by atoms with Gasteiger partial charge in [0.15, 0.2) is 0 Å². The number of hydrogen-bond acceptors (Lipinski definition) is 7. The fourth-order valence-corrected chi connectivity index (χ4v) is 4.85. The average molecular weight is 495 g/mol. The first-order valence-corrected chi connectivity index (χ1v) is 11.8. The summed E-state index contributed by atoms with van der Waals surface area (Å²) < 4.78 is 1.44. The van der Waals surface area contributed by atoms with E-state index >= 15 is 0 Å². The molecule has 6 rings (SSSR count). The Hall–Kier alpha value is -4.93. The number of rotatable bonds is 5. The minimum Gasteiger partial charge on any atom is -0.324 e. The van der Waals surface area contributed by atoms with Crippen molar-refractivity contribution in [2.75, 3.05) is 5.32 Å². The summed E-state index contributed by atoms with van der Waals surface area (Å²) in [6, 6.07) is 14.0. The van der Waals surface area contributed by atoms with Gasteiger partial charge in [-0.15, -0.1) is 5.10 Å². The summed E-state index contributed by atoms with van der Waals surface area (Å²) in [7, 11) is 0. The van der Waals surface area contributed by atoms with Crippen LogP contribution in [0.4, 0.5) is 5.69 Å². The first kappa shape index (κ1) is 22.5. The van der Waals surface area contributed by atoms with Gasteiger partial charge in [-0.25, -0.2) is 4.68 Å². The van der Waals surface area contributed by atoms with Gasteiger partial charge in [-0.1, -0.05) is 35.5 Å². The van der Waals surface area contributed by atoms with Gasteiger partial charge in [0, 0.05) is 46.9 Å². The summed E-state index contributed by atoms with van der Waals surface area (Å²) in [5.74, 6) is -1.46. The minimum atomic E-state index is -0.724. The van der Waals surface area contributed by atoms with Crippen LogP contribution in [-0.2, 0) is 27.5 Å². The molecule has 1 saturated heterocycles. The Morgan fingerprint density at radius 1 is 1.05 bits per heavy atom. The van der Waals surface area contributed by atoms with Crippen molar-refractivity contribution in [3.63, 3.8) is 0 Å². The molecule has 0 aliphatic carbocycles. The average Bonchev–Trinajstić information content (AvgIpc) is 3.49. The fourth-order valence-electron chi connectivity index (χ4n) is 4.85. The molecular formula is C26H21N7O4. The van der Waals surface area contributed by atoms with Gasteiger partial charge in [0.25, 0.3) is 5.91 Å². The van der Waals surface area contributed by atoms with Crippen molar-refractivity contribution in [1.29, 1.82) is 0 Å². The van der Waals surface area contributed by atoms with Gasteiger partial charge in [-0.2, -0.15) is 0 Å². The van der Waals surface area contributed by atoms with Crippen molar-refractivity contribution in [2.45, 2.75) is 32.0 Å². The molecule has 2 aliphatic rings. The number of carbonyl (C=O) groups excluding carboxylic acids is 4. The van der Waals surface area contributed by atoms with Crippen molar-refractivity contribution in [3.8, 4) is 11.3 Å². The molecule has 2 N–H and O–H groups in total. The summed E-state index contributed by atoms with van der Waals surface area (Å²) in [6.07, 6.45) is 3.85. The zero-order chi connectivity index (χ0) is 25.5. The molecule has 4 aromatic rings. The lowest BCUT2D eigenvalue weighted by atomic mass is 10.0. The molecule has 0 bridgehead atoms. The van der Waals surface area contributed by atoms with Crippen LogP contribution in [0.3, 0.4) is 0 Å². The Labute approximate surface area is 210 Å². The van der Waals surface area contributed by atoms with Crippen LogP contribution >= 0.6 is 0 Å². The zero-order valence-corrected chi connectivity index (χ0v) is 19.5. The van der Waals surface area contributed by atoms with E-state index in [0.29, 0.717) is 22.5 Å². The van der Waals surface area contributed by atoms with Crippen LogP contribution in [0.25, 0.3) is 22.2 Å². The highest BCUT2D eigenvalue weighted by Gasteiger charge is 2.39. The molecule has 1 unspecified atom stereocenters. The maximum absolute atomic E-state index is 13.0. The van der Waals surface area contributed by atoms with E-state index in [4.69, 9.17) is 0 Å². The zero-order valence-electron chi connectivity index (χ0n) is 19.5. The molecule has 0 spiro atoms. The summed E-state index contributed by atoms with van der Waals surface area (Å²) in [5, 5.41) is 14.4. The lowest BCUT2D eigenvalue weighted by Gasteiger charge is -2.29. The van der Waals surface area contributed by atoms with Gasteiger partial charge in [0.1, 0.15) is 18.3 Å². The predicted molar refractivity (Wildman–Crippen MR) is 132 cm³/mol. The second-order valence-corrected chi connectivity index (χ2v) is 8.96. The lowest BCUT2D eigenvalue weighted by Crippen LogP contribution is -2.52. The van der Waals surface area contributed by atoms with Crippen LogP contribution in [-0.4, -0.2) is 54.5 Å². The van der Waals surface area contributed by atoms with Crippen LogP contribution in [0.2, 0.25) is 0 Å². The number of aromatic nitrogens is 4. The number of benzene rings is 2. The van der Waals surface area contributed by atoms with Crippen LogP contribution in [0.1, 0.15) is 28.8 Å². The van der Waals surface area contributed by atoms with Gasteiger partial charge in [-0.3, -0.25) is 29.5 Å². The smallest absolute Gasteiger partial charge is 0.255 e. The number of para-hydroxylation sites is 1. The third kappa shape index (κ3) is 4.10. The molecule has 11 nitrogen and oxygen atoms in total. The van der Waals surface area contributed by atoms with Gasteiger partial charge in [0.2, 0.25) is 17.7 Å². The van der Waals surface area contributed by atoms with Crippen LogP contribution in [0, 0.1) is 0 Å². The maximum atomic E-state index is 13.0. The number of amides is 4. The number of pyridine rings is 1. The molecule has 2 aliphatic heterocycles. The first-order valence-electron chi connectivity index (χ1n) is 11.8. The number of carbonyl (C=O) groups is 4. The van der Waals surface area contributed by atoms with E-state index in [1.54, 1.807) is 30.6 Å². The third-order valence-corrected chi connectivity index (χ3v) is 6.61. The topological polar surface area (TPSA) is 139 Å². The van der Waals surface area contributed by atoms with Crippen molar-refractivity contribution >= 4 is 40.2 Å². The molecule has 2 aromatic carbocycles. The molecule has 0 saturated carbocycles. The molecule has 0 radical (unpaired) electrons. The SMILES string of the molecule is O=C1CCC(N2Cc3c(NC(=O)Cn4cc(-c5cccc6cccnc56)nn4)cccc3C2=O)C(=O)N1. The number of imide groups is 1. The number of fused-ring (bicyclic) bond motifs is 2. The second-order valence-electron chi connectivity index (χ2n) is 8.96. The summed E-state index contributed by atoms with van der Waals surface area (Å²) in [6.45, 7) is 0.0815. The Bertz CT molecular complexity index is 1590. The number of hydrogen-bond donors (Lipinski definition) is 2. The molecule has 184 valence electrons. The molecular weight excluding hydrogens is 474 g/mol. The minimum absolute atomic E-state index is 0.0837. The molecule has 4 heterocycles. The molecule has 4 amide bonds. The molecule has 1 fully saturated rings. The van der Waals surface area contributed by atoms with Gasteiger partial charge in [0.05, 0.1) is 11.7 Å². The van der Waals surface area contributed by atoms with E-state index in [1.807, 2.05) is 30.3 Å². The highest BCUT2D eigenvalue weighted by molar-refractivity contribution is 6.06. The summed E-state index contributed by atoms with van der Waals surface area (Å²) in [5.41, 5.74) is 3.76. The first-order chi connectivity index (χ1) is 18.0. The standard InChI is InChI=1S/C26H21N7O4/c34-22-10-9-21(25(36)29-22)33-12-18-16(26(33)37)6-2-8-19(18)28-23(35)14-32-13-20(30-31-32)17-7-1-4-15-5-3-11-27-24(15)17/h1-8,11,13,21H,9-10,12,14H2,(H,28,35)(H,29,34,36). The van der Waals surface area contributed by atoms with E-state index in [2.05, 4.69) is 25.9 Å². The highest BCUT2D eigenvalue weighted by Crippen LogP contribution is 2.32. The molecule has 1 atom stereocenters. The lowest BCUT2D eigenvalue weighted by molar-refractivity contribution is -0.137. The van der Waals surface area contributed by atoms with Gasteiger partial charge >= 0.3 is 0 Å². The Balaban J connectivity index is 1.18. The van der Waals surface area contributed by atoms with E-state index < -0.39 is 11.9 Å². The molecule has 37 heavy (non-hydrogen) atoms. The second kappa shape index (κ2) is 8.94. The third-order valence-electron chi connectivity index (χ3n) is 6.61. The Morgan fingerprint density at radius 2 is 1.86 bits per heavy atom. The number of anilines is 1. The van der Waals surface area contributed by atoms with Gasteiger partial charge in [-0.05, 0) is 24.6 Å². The van der Waals surface area contributed by atoms with E-state index in [-0.39, 0.29) is 43.7 Å². The van der Waals surface area contributed by atoms with Crippen molar-refractivity contribution in [3.05, 3.63) is 72.1 Å². The van der Waals surface area contributed by atoms with Crippen molar-refractivity contribution in [2.24, 2.45) is 0 Å². The monoisotopic (exact) mass is 495 g/mol. The van der Waals surface area contributed by atoms with E-state index in [1.165, 1.54) is 9.58 Å². The Kier molecular flexibility index (Phi) is 5.44. The largest absolute Gasteiger partial charge is 0.324 e. The Morgan fingerprint density at radius 3 is 2.73 bits per heavy atom. The van der Waals surface area contributed by atoms with Crippen LogP contribution in [0.15, 0.2) is 60.9 Å². The van der Waals surface area contributed by atoms with E-state index in [0.717, 1.165) is 16.5 Å². The van der Waals surface area contributed by atoms with E-state index in [9.17, 15) is 19.2 Å². The van der Waals surface area contributed by atoms with Crippen LogP contribution < -0.4 is 10.6 Å². The summed E-state index contributed by atoms with van der Waals surface area (Å²) >= 11 is 0. The normalized spacial score (nSPS) is 17.1. The van der Waals surface area contributed by atoms with Crippen LogP contribution in [0.5, 0.6) is 0 Å². The molecule has 2 aromatic heterocycles. The highest BCUT2D eigenvalue weighted by atomic mass is 16.2. The quantitative estimate of drug-likeness (QED) is 0.403. The fraction of sp³-hybridized carbons (Fsp3) is 0.192. The molecule has 11 heteroatoms. The predicted octanol–water partition coefficient (Wildman–Crippen LogP) is 1.89. The number of nitrogens with zero attached hydrogens (tertiary/aromatic N) is 5.